The molecule has 0 aliphatic carbocycles. The lowest BCUT2D eigenvalue weighted by Gasteiger charge is -2.35. The van der Waals surface area contributed by atoms with Crippen LogP contribution in [0.1, 0.15) is 58.3 Å². The van der Waals surface area contributed by atoms with Crippen LogP contribution in [0.3, 0.4) is 0 Å². The number of amides is 2. The van der Waals surface area contributed by atoms with E-state index in [9.17, 15) is 14.4 Å². The molecule has 0 spiro atoms. The van der Waals surface area contributed by atoms with Crippen LogP contribution in [0.2, 0.25) is 10.0 Å². The molecule has 17 heteroatoms. The summed E-state index contributed by atoms with van der Waals surface area (Å²) in [6.45, 7) is 11.7. The number of nitrogens with one attached hydrogen (secondary N) is 1. The van der Waals surface area contributed by atoms with Crippen molar-refractivity contribution < 1.29 is 23.9 Å². The van der Waals surface area contributed by atoms with Crippen molar-refractivity contribution in [3.63, 3.8) is 0 Å². The van der Waals surface area contributed by atoms with Crippen LogP contribution in [0.5, 0.6) is 5.75 Å². The summed E-state index contributed by atoms with van der Waals surface area (Å²) in [5, 5.41) is 16.1. The van der Waals surface area contributed by atoms with E-state index in [1.165, 1.54) is 16.2 Å². The Kier molecular flexibility index (Phi) is 12.7. The monoisotopic (exact) mass is 848 g/mol. The number of hydrogen-bond donors (Lipinski definition) is 1. The number of fused-ring (bicyclic) bond motifs is 3. The minimum Gasteiger partial charge on any atom is -0.492 e. The Morgan fingerprint density at radius 3 is 2.51 bits per heavy atom. The summed E-state index contributed by atoms with van der Waals surface area (Å²) in [4.78, 5) is 52.8. The number of ether oxygens (including phenoxy) is 2. The largest absolute Gasteiger partial charge is 0.492 e. The second-order valence-corrected chi connectivity index (χ2v) is 16.6. The number of hydrogen-bond acceptors (Lipinski definition) is 12. The Hall–Kier alpha value is -4.67. The van der Waals surface area contributed by atoms with Crippen LogP contribution in [0.15, 0.2) is 52.8 Å². The Morgan fingerprint density at radius 2 is 1.77 bits per heavy atom. The van der Waals surface area contributed by atoms with Gasteiger partial charge in [0.05, 0.1) is 35.9 Å². The first-order valence-electron chi connectivity index (χ1n) is 18.6. The van der Waals surface area contributed by atoms with Crippen molar-refractivity contribution in [2.75, 3.05) is 52.5 Å². The Balaban J connectivity index is 0.925. The molecule has 2 aliphatic rings. The predicted molar refractivity (Wildman–Crippen MR) is 222 cm³/mol. The quantitative estimate of drug-likeness (QED) is 0.133. The fourth-order valence-electron chi connectivity index (χ4n) is 6.82. The summed E-state index contributed by atoms with van der Waals surface area (Å²) in [5.41, 5.74) is 5.27. The highest BCUT2D eigenvalue weighted by Gasteiger charge is 2.34. The molecule has 2 amide bonds. The standard InChI is InChI=1S/C40H42Cl2N8O5S2/c1-5-54-35(53)21-43-33(51)18-28-22-56-39(44-28)30-11-10-29(19-31(30)42)55-17-16-48-12-14-49(15-13-48)34(52)20-32-38-47-46-25(4)50(38)40-36(23(2)24(3)57-40)37(45-32)26-6-8-27(41)9-7-26/h6-11,19,22,32H,5,12-18,20-21H2,1-4H3,(H,43,51)/t32-/m0/s1. The van der Waals surface area contributed by atoms with Gasteiger partial charge in [0, 0.05) is 64.7 Å². The number of thiazole rings is 1. The summed E-state index contributed by atoms with van der Waals surface area (Å²) in [6.07, 6.45) is 0.217. The topological polar surface area (TPSA) is 144 Å². The molecule has 57 heavy (non-hydrogen) atoms. The molecule has 298 valence electrons. The highest BCUT2D eigenvalue weighted by molar-refractivity contribution is 7.15. The molecule has 13 nitrogen and oxygen atoms in total. The van der Waals surface area contributed by atoms with Crippen LogP contribution < -0.4 is 10.1 Å². The molecule has 7 rings (SSSR count). The molecule has 1 saturated heterocycles. The van der Waals surface area contributed by atoms with Crippen LogP contribution in [-0.4, -0.2) is 106 Å². The van der Waals surface area contributed by atoms with Crippen molar-refractivity contribution in [3.8, 4) is 21.3 Å². The third kappa shape index (κ3) is 9.23. The highest BCUT2D eigenvalue weighted by Crippen LogP contribution is 2.40. The number of halogens is 2. The number of aryl methyl sites for hydroxylation is 2. The summed E-state index contributed by atoms with van der Waals surface area (Å²) in [5.74, 6) is 1.29. The molecule has 3 aromatic heterocycles. The van der Waals surface area contributed by atoms with Crippen molar-refractivity contribution in [1.82, 2.24) is 34.9 Å². The number of esters is 1. The number of aliphatic imine (C=N–C) groups is 1. The van der Waals surface area contributed by atoms with E-state index < -0.39 is 12.0 Å². The lowest BCUT2D eigenvalue weighted by atomic mass is 9.99. The first-order valence-corrected chi connectivity index (χ1v) is 21.1. The average molecular weight is 850 g/mol. The number of aromatic nitrogens is 4. The minimum atomic E-state index is -0.512. The van der Waals surface area contributed by atoms with Gasteiger partial charge >= 0.3 is 5.97 Å². The van der Waals surface area contributed by atoms with Gasteiger partial charge in [0.25, 0.3) is 0 Å². The van der Waals surface area contributed by atoms with Gasteiger partial charge < -0.3 is 19.7 Å². The van der Waals surface area contributed by atoms with E-state index in [2.05, 4.69) is 43.8 Å². The first kappa shape index (κ1) is 40.5. The number of benzene rings is 2. The molecule has 2 aliphatic heterocycles. The molecule has 0 unspecified atom stereocenters. The molecular weight excluding hydrogens is 808 g/mol. The number of rotatable bonds is 13. The van der Waals surface area contributed by atoms with E-state index in [0.29, 0.717) is 58.6 Å². The Labute approximate surface area is 348 Å². The lowest BCUT2D eigenvalue weighted by Crippen LogP contribution is -2.49. The summed E-state index contributed by atoms with van der Waals surface area (Å²) in [7, 11) is 0. The van der Waals surface area contributed by atoms with Crippen LogP contribution in [0, 0.1) is 20.8 Å². The minimum absolute atomic E-state index is 0.0276. The maximum Gasteiger partial charge on any atom is 0.325 e. The Morgan fingerprint density at radius 1 is 1.00 bits per heavy atom. The average Bonchev–Trinajstić information content (AvgIpc) is 3.87. The van der Waals surface area contributed by atoms with E-state index in [-0.39, 0.29) is 37.8 Å². The van der Waals surface area contributed by atoms with Crippen molar-refractivity contribution >= 4 is 69.4 Å². The van der Waals surface area contributed by atoms with Crippen LogP contribution in [0.25, 0.3) is 15.6 Å². The normalized spacial score (nSPS) is 15.4. The van der Waals surface area contributed by atoms with Crippen molar-refractivity contribution in [2.24, 2.45) is 4.99 Å². The molecule has 1 atom stereocenters. The fourth-order valence-corrected chi connectivity index (χ4v) is 9.34. The van der Waals surface area contributed by atoms with Gasteiger partial charge in [-0.2, -0.15) is 0 Å². The maximum absolute atomic E-state index is 13.9. The molecule has 0 radical (unpaired) electrons. The van der Waals surface area contributed by atoms with E-state index >= 15 is 0 Å². The summed E-state index contributed by atoms with van der Waals surface area (Å²) >= 11 is 16.0. The maximum atomic E-state index is 13.9. The zero-order chi connectivity index (χ0) is 40.2. The zero-order valence-corrected chi connectivity index (χ0v) is 35.2. The van der Waals surface area contributed by atoms with Crippen LogP contribution in [-0.2, 0) is 25.5 Å². The lowest BCUT2D eigenvalue weighted by molar-refractivity contribution is -0.143. The van der Waals surface area contributed by atoms with Gasteiger partial charge in [-0.15, -0.1) is 32.9 Å². The second-order valence-electron chi connectivity index (χ2n) is 13.7. The summed E-state index contributed by atoms with van der Waals surface area (Å²) < 4.78 is 13.0. The van der Waals surface area contributed by atoms with Gasteiger partial charge in [-0.25, -0.2) is 4.98 Å². The number of piperazine rings is 1. The van der Waals surface area contributed by atoms with Gasteiger partial charge in [-0.3, -0.25) is 28.8 Å². The van der Waals surface area contributed by atoms with Crippen molar-refractivity contribution in [2.45, 2.75) is 46.6 Å². The second kappa shape index (κ2) is 17.9. The third-order valence-electron chi connectivity index (χ3n) is 9.93. The molecular formula is C40H42Cl2N8O5S2. The predicted octanol–water partition coefficient (Wildman–Crippen LogP) is 6.41. The van der Waals surface area contributed by atoms with E-state index in [1.807, 2.05) is 48.2 Å². The number of thiophene rings is 1. The van der Waals surface area contributed by atoms with Gasteiger partial charge in [0.15, 0.2) is 5.82 Å². The van der Waals surface area contributed by atoms with Crippen LogP contribution in [0.4, 0.5) is 0 Å². The molecule has 5 heterocycles. The molecule has 0 saturated carbocycles. The zero-order valence-electron chi connectivity index (χ0n) is 32.0. The third-order valence-corrected chi connectivity index (χ3v) is 12.6. The number of carbonyl (C=O) groups is 3. The van der Waals surface area contributed by atoms with Gasteiger partial charge in [0.2, 0.25) is 11.8 Å². The first-order chi connectivity index (χ1) is 27.5. The van der Waals surface area contributed by atoms with Gasteiger partial charge in [0.1, 0.15) is 40.8 Å². The molecule has 0 bridgehead atoms. The van der Waals surface area contributed by atoms with E-state index in [4.69, 9.17) is 37.7 Å². The molecule has 1 N–H and O–H groups in total. The SMILES string of the molecule is CCOC(=O)CNC(=O)Cc1csc(-c2ccc(OCCN3CCN(C(=O)C[C@@H]4N=C(c5ccc(Cl)cc5)c5c(sc(C)c5C)-n5c(C)nnc54)CC3)cc2Cl)n1. The van der Waals surface area contributed by atoms with Gasteiger partial charge in [-0.1, -0.05) is 35.3 Å². The van der Waals surface area contributed by atoms with Gasteiger partial charge in [-0.05, 0) is 63.6 Å². The number of carbonyl (C=O) groups excluding carboxylic acids is 3. The molecule has 1 fully saturated rings. The van der Waals surface area contributed by atoms with E-state index in [0.717, 1.165) is 51.9 Å². The summed E-state index contributed by atoms with van der Waals surface area (Å²) in [6, 6.07) is 12.6. The highest BCUT2D eigenvalue weighted by atomic mass is 35.5. The number of nitrogens with zero attached hydrogens (tertiary/aromatic N) is 7. The smallest absolute Gasteiger partial charge is 0.325 e. The van der Waals surface area contributed by atoms with Crippen LogP contribution >= 0.6 is 45.9 Å². The molecule has 5 aromatic rings. The van der Waals surface area contributed by atoms with Crippen molar-refractivity contribution in [3.05, 3.63) is 96.8 Å². The fraction of sp³-hybridized carbons (Fsp3) is 0.375. The Bertz CT molecular complexity index is 2310. The molecule has 2 aromatic carbocycles. The van der Waals surface area contributed by atoms with Crippen molar-refractivity contribution in [1.29, 1.82) is 0 Å². The van der Waals surface area contributed by atoms with E-state index in [1.54, 1.807) is 29.7 Å².